The van der Waals surface area contributed by atoms with Crippen LogP contribution in [0, 0.1) is 6.92 Å². The van der Waals surface area contributed by atoms with Crippen LogP contribution in [-0.4, -0.2) is 49.5 Å². The van der Waals surface area contributed by atoms with E-state index in [1.54, 1.807) is 18.2 Å². The van der Waals surface area contributed by atoms with Gasteiger partial charge in [0.2, 0.25) is 21.8 Å². The Morgan fingerprint density at radius 3 is 2.18 bits per heavy atom. The number of amides is 2. The average molecular weight is 474 g/mol. The van der Waals surface area contributed by atoms with Crippen molar-refractivity contribution in [2.45, 2.75) is 59.2 Å². The van der Waals surface area contributed by atoms with Crippen molar-refractivity contribution in [1.82, 2.24) is 10.2 Å². The smallest absolute Gasteiger partial charge is 0.244 e. The summed E-state index contributed by atoms with van der Waals surface area (Å²) in [6.45, 7) is 9.14. The molecule has 0 bridgehead atoms. The summed E-state index contributed by atoms with van der Waals surface area (Å²) in [6.07, 6.45) is 1.47. The summed E-state index contributed by atoms with van der Waals surface area (Å²) in [5.74, 6) is -0.711. The van der Waals surface area contributed by atoms with E-state index in [9.17, 15) is 18.0 Å². The molecule has 33 heavy (non-hydrogen) atoms. The molecule has 0 aliphatic carbocycles. The first-order valence-corrected chi connectivity index (χ1v) is 12.9. The molecule has 2 aromatic carbocycles. The van der Waals surface area contributed by atoms with Gasteiger partial charge < -0.3 is 10.2 Å². The van der Waals surface area contributed by atoms with Crippen LogP contribution in [0.25, 0.3) is 0 Å². The predicted molar refractivity (Wildman–Crippen MR) is 132 cm³/mol. The zero-order valence-electron chi connectivity index (χ0n) is 20.3. The molecule has 0 aliphatic heterocycles. The topological polar surface area (TPSA) is 86.8 Å². The van der Waals surface area contributed by atoms with E-state index in [2.05, 4.69) is 5.32 Å². The highest BCUT2D eigenvalue weighted by atomic mass is 32.2. The van der Waals surface area contributed by atoms with E-state index in [1.165, 1.54) is 4.90 Å². The van der Waals surface area contributed by atoms with Crippen molar-refractivity contribution in [3.8, 4) is 0 Å². The number of hydrogen-bond acceptors (Lipinski definition) is 4. The van der Waals surface area contributed by atoms with Crippen LogP contribution in [0.15, 0.2) is 54.6 Å². The first-order chi connectivity index (χ1) is 15.3. The van der Waals surface area contributed by atoms with Gasteiger partial charge in [-0.2, -0.15) is 0 Å². The van der Waals surface area contributed by atoms with Gasteiger partial charge in [0, 0.05) is 12.1 Å². The monoisotopic (exact) mass is 473 g/mol. The molecular formula is C25H35N3O4S. The molecule has 0 spiro atoms. The minimum atomic E-state index is -3.73. The number of aryl methyl sites for hydroxylation is 1. The van der Waals surface area contributed by atoms with E-state index in [1.807, 2.05) is 71.0 Å². The number of nitrogens with zero attached hydrogens (tertiary/aromatic N) is 2. The van der Waals surface area contributed by atoms with Crippen molar-refractivity contribution in [2.24, 2.45) is 0 Å². The van der Waals surface area contributed by atoms with Gasteiger partial charge in [-0.15, -0.1) is 0 Å². The van der Waals surface area contributed by atoms with Gasteiger partial charge in [0.15, 0.2) is 0 Å². The highest BCUT2D eigenvalue weighted by Crippen LogP contribution is 2.21. The molecule has 0 fully saturated rings. The zero-order chi connectivity index (χ0) is 24.8. The van der Waals surface area contributed by atoms with Crippen molar-refractivity contribution in [3.05, 3.63) is 65.7 Å². The molecule has 180 valence electrons. The Labute approximate surface area is 197 Å². The van der Waals surface area contributed by atoms with Crippen molar-refractivity contribution >= 4 is 27.5 Å². The third kappa shape index (κ3) is 7.89. The molecule has 8 heteroatoms. The zero-order valence-corrected chi connectivity index (χ0v) is 21.1. The molecule has 0 saturated heterocycles. The van der Waals surface area contributed by atoms with Crippen LogP contribution >= 0.6 is 0 Å². The fourth-order valence-electron chi connectivity index (χ4n) is 3.55. The van der Waals surface area contributed by atoms with Gasteiger partial charge in [-0.3, -0.25) is 13.9 Å². The summed E-state index contributed by atoms with van der Waals surface area (Å²) >= 11 is 0. The van der Waals surface area contributed by atoms with Gasteiger partial charge >= 0.3 is 0 Å². The molecule has 1 unspecified atom stereocenters. The van der Waals surface area contributed by atoms with Crippen LogP contribution in [-0.2, 0) is 26.2 Å². The molecule has 2 amide bonds. The van der Waals surface area contributed by atoms with E-state index in [-0.39, 0.29) is 12.5 Å². The Morgan fingerprint density at radius 2 is 1.67 bits per heavy atom. The van der Waals surface area contributed by atoms with Crippen LogP contribution in [0.3, 0.4) is 0 Å². The van der Waals surface area contributed by atoms with Crippen LogP contribution < -0.4 is 9.62 Å². The average Bonchev–Trinajstić information content (AvgIpc) is 2.70. The van der Waals surface area contributed by atoms with E-state index < -0.39 is 34.1 Å². The number of nitrogens with one attached hydrogen (secondary N) is 1. The Kier molecular flexibility index (Phi) is 8.66. The second kappa shape index (κ2) is 10.8. The predicted octanol–water partition coefficient (Wildman–Crippen LogP) is 3.48. The van der Waals surface area contributed by atoms with Gasteiger partial charge in [0.1, 0.15) is 12.6 Å². The molecular weight excluding hydrogens is 438 g/mol. The lowest BCUT2D eigenvalue weighted by molar-refractivity contribution is -0.141. The lowest BCUT2D eigenvalue weighted by atomic mass is 10.1. The lowest BCUT2D eigenvalue weighted by Gasteiger charge is -2.34. The number of carbonyl (C=O) groups is 2. The van der Waals surface area contributed by atoms with Crippen molar-refractivity contribution in [1.29, 1.82) is 0 Å². The third-order valence-electron chi connectivity index (χ3n) is 5.05. The largest absolute Gasteiger partial charge is 0.350 e. The SMILES string of the molecule is CCC(C(=O)NC(C)(C)C)N(Cc1ccccc1)C(=O)CN(c1cccc(C)c1)S(C)(=O)=O. The molecule has 1 atom stereocenters. The van der Waals surface area contributed by atoms with Gasteiger partial charge in [-0.25, -0.2) is 8.42 Å². The first-order valence-electron chi connectivity index (χ1n) is 11.0. The van der Waals surface area contributed by atoms with Crippen LogP contribution in [0.1, 0.15) is 45.2 Å². The van der Waals surface area contributed by atoms with Crippen molar-refractivity contribution in [2.75, 3.05) is 17.1 Å². The Balaban J connectivity index is 2.43. The summed E-state index contributed by atoms with van der Waals surface area (Å²) in [6, 6.07) is 15.6. The maximum atomic E-state index is 13.6. The minimum Gasteiger partial charge on any atom is -0.350 e. The third-order valence-corrected chi connectivity index (χ3v) is 6.19. The molecule has 1 N–H and O–H groups in total. The van der Waals surface area contributed by atoms with Crippen molar-refractivity contribution in [3.63, 3.8) is 0 Å². The van der Waals surface area contributed by atoms with Crippen molar-refractivity contribution < 1.29 is 18.0 Å². The normalized spacial score (nSPS) is 12.7. The van der Waals surface area contributed by atoms with Gasteiger partial charge in [-0.05, 0) is 57.4 Å². The molecule has 2 rings (SSSR count). The van der Waals surface area contributed by atoms with Gasteiger partial charge in [0.05, 0.1) is 11.9 Å². The molecule has 7 nitrogen and oxygen atoms in total. The standard InChI is InChI=1S/C25H35N3O4S/c1-7-22(24(30)26-25(3,4)5)27(17-20-13-9-8-10-14-20)23(29)18-28(33(6,31)32)21-15-11-12-19(2)16-21/h8-16,22H,7,17-18H2,1-6H3,(H,26,30). The maximum Gasteiger partial charge on any atom is 0.244 e. The molecule has 0 aromatic heterocycles. The van der Waals surface area contributed by atoms with Crippen LogP contribution in [0.2, 0.25) is 0 Å². The highest BCUT2D eigenvalue weighted by Gasteiger charge is 2.33. The number of rotatable bonds is 9. The fourth-order valence-corrected chi connectivity index (χ4v) is 4.39. The molecule has 0 aliphatic rings. The van der Waals surface area contributed by atoms with E-state index in [4.69, 9.17) is 0 Å². The Morgan fingerprint density at radius 1 is 1.03 bits per heavy atom. The van der Waals surface area contributed by atoms with E-state index in [0.717, 1.165) is 21.7 Å². The molecule has 0 radical (unpaired) electrons. The van der Waals surface area contributed by atoms with Gasteiger partial charge in [0.25, 0.3) is 0 Å². The second-order valence-corrected chi connectivity index (χ2v) is 11.2. The quantitative estimate of drug-likeness (QED) is 0.604. The summed E-state index contributed by atoms with van der Waals surface area (Å²) in [5, 5.41) is 2.95. The summed E-state index contributed by atoms with van der Waals surface area (Å²) in [7, 11) is -3.73. The van der Waals surface area contributed by atoms with Crippen LogP contribution in [0.4, 0.5) is 5.69 Å². The fraction of sp³-hybridized carbons (Fsp3) is 0.440. The number of sulfonamides is 1. The van der Waals surface area contributed by atoms with E-state index in [0.29, 0.717) is 12.1 Å². The number of carbonyl (C=O) groups excluding carboxylic acids is 2. The van der Waals surface area contributed by atoms with Gasteiger partial charge in [-0.1, -0.05) is 49.4 Å². The highest BCUT2D eigenvalue weighted by molar-refractivity contribution is 7.92. The second-order valence-electron chi connectivity index (χ2n) is 9.28. The summed E-state index contributed by atoms with van der Waals surface area (Å²) < 4.78 is 26.3. The first kappa shape index (κ1) is 26.4. The minimum absolute atomic E-state index is 0.196. The van der Waals surface area contributed by atoms with E-state index >= 15 is 0 Å². The summed E-state index contributed by atoms with van der Waals surface area (Å²) in [4.78, 5) is 28.1. The molecule has 0 saturated carbocycles. The summed E-state index contributed by atoms with van der Waals surface area (Å²) in [5.41, 5.74) is 1.68. The Bertz CT molecular complexity index is 1060. The maximum absolute atomic E-state index is 13.6. The molecule has 0 heterocycles. The lowest BCUT2D eigenvalue weighted by Crippen LogP contribution is -2.55. The number of anilines is 1. The van der Waals surface area contributed by atoms with Crippen LogP contribution in [0.5, 0.6) is 0 Å². The number of benzene rings is 2. The number of hydrogen-bond donors (Lipinski definition) is 1. The molecule has 2 aromatic rings. The Hall–Kier alpha value is -2.87.